The Kier molecular flexibility index (Phi) is 8.59. The second-order valence-corrected chi connectivity index (χ2v) is 15.1. The fraction of sp³-hybridized carbons (Fsp3) is 0.222. The Morgan fingerprint density at radius 2 is 1.40 bits per heavy atom. The number of ketones is 1. The zero-order valence-corrected chi connectivity index (χ0v) is 25.1. The van der Waals surface area contributed by atoms with Gasteiger partial charge in [0.25, 0.3) is 0 Å². The van der Waals surface area contributed by atoms with Gasteiger partial charge in [0.05, 0.1) is 23.0 Å². The zero-order chi connectivity index (χ0) is 29.3. The van der Waals surface area contributed by atoms with Crippen LogP contribution in [0.3, 0.4) is 0 Å². The fourth-order valence-corrected chi connectivity index (χ4v) is 9.93. The number of benzene rings is 3. The highest BCUT2D eigenvalue weighted by Gasteiger charge is 2.58. The summed E-state index contributed by atoms with van der Waals surface area (Å²) < 4.78 is 83.6. The molecule has 0 radical (unpaired) electrons. The summed E-state index contributed by atoms with van der Waals surface area (Å²) in [5.41, 5.74) is 0.537. The molecule has 212 valence electrons. The first-order valence-corrected chi connectivity index (χ1v) is 17.1. The van der Waals surface area contributed by atoms with E-state index < -0.39 is 43.4 Å². The van der Waals surface area contributed by atoms with Crippen molar-refractivity contribution >= 4 is 44.8 Å². The Morgan fingerprint density at radius 3 is 1.98 bits per heavy atom. The summed E-state index contributed by atoms with van der Waals surface area (Å²) in [5, 5.41) is -2.15. The predicted octanol–water partition coefficient (Wildman–Crippen LogP) is 5.60. The number of halogens is 1. The number of carbonyl (C=O) groups excluding carboxylic acids is 1. The summed E-state index contributed by atoms with van der Waals surface area (Å²) in [6, 6.07) is 16.7. The molecule has 3 aromatic rings. The van der Waals surface area contributed by atoms with Crippen molar-refractivity contribution in [1.82, 2.24) is 4.72 Å². The van der Waals surface area contributed by atoms with Crippen LogP contribution in [-0.2, 0) is 38.8 Å². The van der Waals surface area contributed by atoms with Crippen molar-refractivity contribution < 1.29 is 35.2 Å². The number of sulfonamides is 1. The molecule has 0 amide bonds. The van der Waals surface area contributed by atoms with Crippen LogP contribution in [0.4, 0.5) is 0 Å². The number of hydrogen-bond acceptors (Lipinski definition) is 8. The van der Waals surface area contributed by atoms with Crippen molar-refractivity contribution in [2.75, 3.05) is 13.2 Å². The molecule has 40 heavy (non-hydrogen) atoms. The van der Waals surface area contributed by atoms with Gasteiger partial charge in [-0.25, -0.2) is 16.8 Å². The number of fused-ring (bicyclic) bond motifs is 1. The van der Waals surface area contributed by atoms with Crippen molar-refractivity contribution in [1.29, 1.82) is 0 Å². The minimum atomic E-state index is -4.63. The summed E-state index contributed by atoms with van der Waals surface area (Å²) in [6.07, 6.45) is 0.854. The Morgan fingerprint density at radius 1 is 0.850 bits per heavy atom. The highest BCUT2D eigenvalue weighted by molar-refractivity contribution is 7.96. The normalized spacial score (nSPS) is 17.8. The van der Waals surface area contributed by atoms with E-state index in [1.165, 1.54) is 74.5 Å². The lowest BCUT2D eigenvalue weighted by Crippen LogP contribution is -2.48. The molecule has 13 heteroatoms. The third kappa shape index (κ3) is 5.35. The number of carbonyl (C=O) groups is 1. The van der Waals surface area contributed by atoms with Crippen molar-refractivity contribution in [2.45, 2.75) is 35.8 Å². The molecule has 0 saturated heterocycles. The molecular weight excluding hydrogens is 597 g/mol. The monoisotopic (exact) mass is 623 g/mol. The zero-order valence-electron chi connectivity index (χ0n) is 21.8. The smallest absolute Gasteiger partial charge is 0.307 e. The van der Waals surface area contributed by atoms with E-state index in [1.54, 1.807) is 19.1 Å². The largest absolute Gasteiger partial charge is 0.360 e. The standard InChI is InChI=1S/C27H27ClNO8PS2/c1-4-36-38(31,37-5-2)27(29-40(34,35)22-16-12-20(28)13-17-22)18-25(26(30)23-8-6-7-9-24(23)27)39(32,33)21-14-10-19(3)11-15-21/h6-18,29H,4-5H2,1-3H3. The third-order valence-corrected chi connectivity index (χ3v) is 12.4. The van der Waals surface area contributed by atoms with E-state index in [-0.39, 0.29) is 39.2 Å². The van der Waals surface area contributed by atoms with Crippen molar-refractivity contribution in [3.63, 3.8) is 0 Å². The molecule has 1 atom stereocenters. The summed E-state index contributed by atoms with van der Waals surface area (Å²) in [5.74, 6) is -0.892. The molecular formula is C27H27ClNO8PS2. The molecule has 4 rings (SSSR count). The molecule has 0 bridgehead atoms. The summed E-state index contributed by atoms with van der Waals surface area (Å²) in [7, 11) is -13.7. The first-order chi connectivity index (χ1) is 18.8. The number of hydrogen-bond donors (Lipinski definition) is 1. The highest BCUT2D eigenvalue weighted by Crippen LogP contribution is 2.66. The van der Waals surface area contributed by atoms with Gasteiger partial charge in [-0.05, 0) is 63.2 Å². The second kappa shape index (κ2) is 11.3. The summed E-state index contributed by atoms with van der Waals surface area (Å²) in [6.45, 7) is 4.48. The molecule has 9 nitrogen and oxygen atoms in total. The van der Waals surface area contributed by atoms with Gasteiger partial charge in [-0.15, -0.1) is 0 Å². The molecule has 0 fully saturated rings. The van der Waals surface area contributed by atoms with Crippen LogP contribution in [0.1, 0.15) is 35.3 Å². The van der Waals surface area contributed by atoms with Gasteiger partial charge in [0, 0.05) is 16.1 Å². The molecule has 1 aliphatic carbocycles. The van der Waals surface area contributed by atoms with Gasteiger partial charge in [-0.3, -0.25) is 9.36 Å². The lowest BCUT2D eigenvalue weighted by atomic mass is 9.92. The average Bonchev–Trinajstić information content (AvgIpc) is 2.91. The lowest BCUT2D eigenvalue weighted by Gasteiger charge is -2.40. The molecule has 1 unspecified atom stereocenters. The van der Waals surface area contributed by atoms with Gasteiger partial charge in [0.15, 0.2) is 5.28 Å². The number of sulfone groups is 1. The molecule has 0 saturated carbocycles. The third-order valence-electron chi connectivity index (χ3n) is 6.21. The maximum absolute atomic E-state index is 14.6. The fourth-order valence-electron chi connectivity index (χ4n) is 4.35. The quantitative estimate of drug-likeness (QED) is 0.289. The first-order valence-electron chi connectivity index (χ1n) is 12.2. The van der Waals surface area contributed by atoms with Crippen LogP contribution in [0.5, 0.6) is 0 Å². The summed E-state index contributed by atoms with van der Waals surface area (Å²) in [4.78, 5) is 12.5. The number of nitrogens with one attached hydrogen (secondary N) is 1. The number of aryl methyl sites for hydroxylation is 1. The van der Waals surface area contributed by atoms with Crippen molar-refractivity contribution in [3.8, 4) is 0 Å². The van der Waals surface area contributed by atoms with Crippen LogP contribution in [0.15, 0.2) is 93.6 Å². The van der Waals surface area contributed by atoms with E-state index >= 15 is 0 Å². The Labute approximate surface area is 238 Å². The van der Waals surface area contributed by atoms with Crippen molar-refractivity contribution in [3.05, 3.63) is 105 Å². The molecule has 0 aromatic heterocycles. The van der Waals surface area contributed by atoms with Gasteiger partial charge in [0.1, 0.15) is 4.91 Å². The first kappa shape index (κ1) is 30.3. The van der Waals surface area contributed by atoms with E-state index in [9.17, 15) is 26.2 Å². The molecule has 0 aliphatic heterocycles. The minimum absolute atomic E-state index is 0.0781. The van der Waals surface area contributed by atoms with Crippen LogP contribution < -0.4 is 4.72 Å². The molecule has 3 aromatic carbocycles. The maximum atomic E-state index is 14.6. The number of Topliss-reactive ketones (excluding diaryl/α,β-unsaturated/α-hetero) is 1. The SMILES string of the molecule is CCOP(=O)(OCC)C1(NS(=O)(=O)c2ccc(Cl)cc2)C=C(S(=O)(=O)c2ccc(C)cc2)C(=O)c2ccccc21. The lowest BCUT2D eigenvalue weighted by molar-refractivity contribution is 0.103. The molecule has 0 heterocycles. The maximum Gasteiger partial charge on any atom is 0.360 e. The van der Waals surface area contributed by atoms with Gasteiger partial charge in [-0.1, -0.05) is 53.6 Å². The highest BCUT2D eigenvalue weighted by atomic mass is 35.5. The predicted molar refractivity (Wildman–Crippen MR) is 152 cm³/mol. The van der Waals surface area contributed by atoms with Crippen LogP contribution in [0.2, 0.25) is 5.02 Å². The van der Waals surface area contributed by atoms with E-state index in [1.807, 2.05) is 0 Å². The van der Waals surface area contributed by atoms with Crippen LogP contribution in [0.25, 0.3) is 0 Å². The Hall–Kier alpha value is -2.63. The topological polar surface area (TPSA) is 133 Å². The minimum Gasteiger partial charge on any atom is -0.307 e. The van der Waals surface area contributed by atoms with Crippen LogP contribution in [-0.4, -0.2) is 35.8 Å². The van der Waals surface area contributed by atoms with E-state index in [0.29, 0.717) is 0 Å². The van der Waals surface area contributed by atoms with Gasteiger partial charge >= 0.3 is 7.60 Å². The van der Waals surface area contributed by atoms with Gasteiger partial charge in [0.2, 0.25) is 25.6 Å². The molecule has 0 spiro atoms. The van der Waals surface area contributed by atoms with Gasteiger partial charge in [-0.2, -0.15) is 4.72 Å². The molecule has 1 aliphatic rings. The van der Waals surface area contributed by atoms with Gasteiger partial charge < -0.3 is 9.05 Å². The van der Waals surface area contributed by atoms with E-state index in [2.05, 4.69) is 4.72 Å². The van der Waals surface area contributed by atoms with Crippen LogP contribution >= 0.6 is 19.2 Å². The Bertz CT molecular complexity index is 1730. The Balaban J connectivity index is 2.10. The van der Waals surface area contributed by atoms with Crippen molar-refractivity contribution in [2.24, 2.45) is 0 Å². The summed E-state index contributed by atoms with van der Waals surface area (Å²) >= 11 is 5.94. The molecule has 1 N–H and O–H groups in total. The van der Waals surface area contributed by atoms with E-state index in [0.717, 1.165) is 11.6 Å². The van der Waals surface area contributed by atoms with Crippen LogP contribution in [0, 0.1) is 6.92 Å². The number of rotatable bonds is 10. The second-order valence-electron chi connectivity index (χ2n) is 8.86. The number of allylic oxidation sites excluding steroid dienone is 1. The average molecular weight is 624 g/mol. The van der Waals surface area contributed by atoms with E-state index in [4.69, 9.17) is 20.6 Å².